The third-order valence-electron chi connectivity index (χ3n) is 5.55. The van der Waals surface area contributed by atoms with Gasteiger partial charge in [0.1, 0.15) is 25.0 Å². The minimum absolute atomic E-state index is 0.0625. The van der Waals surface area contributed by atoms with Crippen molar-refractivity contribution >= 4 is 23.3 Å². The molecule has 0 bridgehead atoms. The van der Waals surface area contributed by atoms with Crippen molar-refractivity contribution in [3.05, 3.63) is 89.5 Å². The zero-order valence-corrected chi connectivity index (χ0v) is 18.7. The summed E-state index contributed by atoms with van der Waals surface area (Å²) >= 11 is 0. The number of benzene rings is 3. The lowest BCUT2D eigenvalue weighted by molar-refractivity contribution is -0.129. The third kappa shape index (κ3) is 5.17. The number of anilines is 1. The molecule has 0 spiro atoms. The van der Waals surface area contributed by atoms with E-state index in [1.165, 1.54) is 0 Å². The molecule has 3 aromatic rings. The Morgan fingerprint density at radius 2 is 1.56 bits per heavy atom. The number of amides is 2. The number of rotatable bonds is 7. The summed E-state index contributed by atoms with van der Waals surface area (Å²) in [5.41, 5.74) is 7.95. The van der Waals surface area contributed by atoms with Gasteiger partial charge in [0.05, 0.1) is 6.04 Å². The summed E-state index contributed by atoms with van der Waals surface area (Å²) in [5.74, 6) is -0.706. The first-order valence-corrected chi connectivity index (χ1v) is 10.9. The first-order chi connectivity index (χ1) is 16.4. The number of ether oxygens (including phenoxy) is 2. The number of carbonyl (C=O) groups excluding carboxylic acids is 2. The predicted molar refractivity (Wildman–Crippen MR) is 129 cm³/mol. The van der Waals surface area contributed by atoms with Gasteiger partial charge in [-0.3, -0.25) is 15.0 Å². The Hall–Kier alpha value is -4.33. The molecule has 5 N–H and O–H groups in total. The van der Waals surface area contributed by atoms with Gasteiger partial charge in [0.2, 0.25) is 11.8 Å². The summed E-state index contributed by atoms with van der Waals surface area (Å²) in [6, 6.07) is 20.6. The maximum Gasteiger partial charge on any atom is 0.241 e. The minimum atomic E-state index is -1.06. The van der Waals surface area contributed by atoms with Crippen molar-refractivity contribution in [3.8, 4) is 11.5 Å². The summed E-state index contributed by atoms with van der Waals surface area (Å²) in [5, 5.41) is 13.2. The van der Waals surface area contributed by atoms with E-state index in [4.69, 9.17) is 20.6 Å². The fourth-order valence-electron chi connectivity index (χ4n) is 3.72. The molecule has 8 heteroatoms. The molecular formula is C26H26N4O4. The van der Waals surface area contributed by atoms with Gasteiger partial charge in [0, 0.05) is 11.3 Å². The highest BCUT2D eigenvalue weighted by Gasteiger charge is 2.30. The Bertz CT molecular complexity index is 1200. The van der Waals surface area contributed by atoms with E-state index in [1.54, 1.807) is 48.5 Å². The first-order valence-electron chi connectivity index (χ1n) is 10.9. The second-order valence-electron chi connectivity index (χ2n) is 7.96. The molecule has 1 heterocycles. The van der Waals surface area contributed by atoms with E-state index in [2.05, 4.69) is 10.6 Å². The molecule has 1 aliphatic rings. The molecule has 0 aromatic heterocycles. The number of carbonyl (C=O) groups is 2. The zero-order valence-electron chi connectivity index (χ0n) is 18.7. The normalized spacial score (nSPS) is 13.9. The highest BCUT2D eigenvalue weighted by molar-refractivity contribution is 6.11. The van der Waals surface area contributed by atoms with Crippen LogP contribution in [-0.2, 0) is 9.59 Å². The molecule has 4 rings (SSSR count). The zero-order chi connectivity index (χ0) is 24.1. The molecule has 2 atom stereocenters. The van der Waals surface area contributed by atoms with E-state index in [0.29, 0.717) is 41.5 Å². The largest absolute Gasteiger partial charge is 0.486 e. The molecule has 0 fully saturated rings. The van der Waals surface area contributed by atoms with Crippen molar-refractivity contribution < 1.29 is 19.1 Å². The van der Waals surface area contributed by atoms with Crippen LogP contribution in [0.4, 0.5) is 5.69 Å². The smallest absolute Gasteiger partial charge is 0.241 e. The quantitative estimate of drug-likeness (QED) is 0.245. The van der Waals surface area contributed by atoms with Gasteiger partial charge in [-0.1, -0.05) is 36.4 Å². The molecule has 0 saturated carbocycles. The van der Waals surface area contributed by atoms with Gasteiger partial charge in [-0.05, 0) is 54.4 Å². The summed E-state index contributed by atoms with van der Waals surface area (Å²) < 4.78 is 11.2. The van der Waals surface area contributed by atoms with Crippen molar-refractivity contribution in [2.24, 2.45) is 5.73 Å². The second-order valence-corrected chi connectivity index (χ2v) is 7.96. The van der Waals surface area contributed by atoms with Crippen LogP contribution in [0, 0.1) is 5.41 Å². The molecule has 3 aromatic carbocycles. The van der Waals surface area contributed by atoms with E-state index in [1.807, 2.05) is 31.2 Å². The number of nitrogens with one attached hydrogen (secondary N) is 3. The molecule has 0 radical (unpaired) electrons. The minimum Gasteiger partial charge on any atom is -0.486 e. The Morgan fingerprint density at radius 1 is 0.882 bits per heavy atom. The van der Waals surface area contributed by atoms with Crippen molar-refractivity contribution in [1.82, 2.24) is 5.32 Å². The highest BCUT2D eigenvalue weighted by Crippen LogP contribution is 2.33. The number of fused-ring (bicyclic) bond motifs is 1. The lowest BCUT2D eigenvalue weighted by Crippen LogP contribution is -2.37. The predicted octanol–water partition coefficient (Wildman–Crippen LogP) is 3.34. The first kappa shape index (κ1) is 22.8. The van der Waals surface area contributed by atoms with Crippen molar-refractivity contribution in [3.63, 3.8) is 0 Å². The molecule has 2 amide bonds. The summed E-state index contributed by atoms with van der Waals surface area (Å²) in [4.78, 5) is 26.5. The second kappa shape index (κ2) is 10.1. The Balaban J connectivity index is 1.52. The number of hydrogen-bond acceptors (Lipinski definition) is 5. The maximum absolute atomic E-state index is 13.3. The van der Waals surface area contributed by atoms with Crippen LogP contribution in [0.3, 0.4) is 0 Å². The Labute approximate surface area is 197 Å². The topological polar surface area (TPSA) is 127 Å². The highest BCUT2D eigenvalue weighted by atomic mass is 16.6. The molecule has 174 valence electrons. The number of hydrogen-bond donors (Lipinski definition) is 4. The Morgan fingerprint density at radius 3 is 2.24 bits per heavy atom. The van der Waals surface area contributed by atoms with E-state index in [9.17, 15) is 9.59 Å². The van der Waals surface area contributed by atoms with Gasteiger partial charge in [-0.25, -0.2) is 0 Å². The molecule has 2 unspecified atom stereocenters. The fourth-order valence-corrected chi connectivity index (χ4v) is 3.72. The number of amidine groups is 1. The van der Waals surface area contributed by atoms with E-state index in [-0.39, 0.29) is 11.9 Å². The van der Waals surface area contributed by atoms with E-state index in [0.717, 1.165) is 5.56 Å². The number of nitrogens with two attached hydrogens (primary N) is 1. The SMILES string of the molecule is CC(NC(=O)C(C(=O)Nc1ccc(C(=N)N)cc1)c1ccccc1)c1ccc2c(c1)OCCO2. The molecule has 1 aliphatic heterocycles. The van der Waals surface area contributed by atoms with Gasteiger partial charge in [0.15, 0.2) is 11.5 Å². The molecular weight excluding hydrogens is 432 g/mol. The number of nitrogen functional groups attached to an aromatic ring is 1. The lowest BCUT2D eigenvalue weighted by Gasteiger charge is -2.23. The van der Waals surface area contributed by atoms with Crippen molar-refractivity contribution in [2.75, 3.05) is 18.5 Å². The van der Waals surface area contributed by atoms with Crippen LogP contribution in [-0.4, -0.2) is 30.9 Å². The molecule has 34 heavy (non-hydrogen) atoms. The van der Waals surface area contributed by atoms with Crippen molar-refractivity contribution in [1.29, 1.82) is 5.41 Å². The lowest BCUT2D eigenvalue weighted by atomic mass is 9.96. The van der Waals surface area contributed by atoms with Crippen LogP contribution >= 0.6 is 0 Å². The van der Waals surface area contributed by atoms with Gasteiger partial charge in [-0.2, -0.15) is 0 Å². The summed E-state index contributed by atoms with van der Waals surface area (Å²) in [6.07, 6.45) is 0. The van der Waals surface area contributed by atoms with Gasteiger partial charge in [0.25, 0.3) is 0 Å². The van der Waals surface area contributed by atoms with Crippen LogP contribution in [0.15, 0.2) is 72.8 Å². The van der Waals surface area contributed by atoms with Crippen LogP contribution < -0.4 is 25.8 Å². The van der Waals surface area contributed by atoms with Crippen molar-refractivity contribution in [2.45, 2.75) is 18.9 Å². The van der Waals surface area contributed by atoms with Gasteiger partial charge in [-0.15, -0.1) is 0 Å². The third-order valence-corrected chi connectivity index (χ3v) is 5.55. The molecule has 8 nitrogen and oxygen atoms in total. The molecule has 0 aliphatic carbocycles. The summed E-state index contributed by atoms with van der Waals surface area (Å²) in [6.45, 7) is 2.83. The fraction of sp³-hybridized carbons (Fsp3) is 0.192. The van der Waals surface area contributed by atoms with Crippen LogP contribution in [0.2, 0.25) is 0 Å². The van der Waals surface area contributed by atoms with Gasteiger partial charge >= 0.3 is 0 Å². The average molecular weight is 459 g/mol. The molecule has 0 saturated heterocycles. The van der Waals surface area contributed by atoms with Gasteiger partial charge < -0.3 is 25.8 Å². The van der Waals surface area contributed by atoms with Crippen LogP contribution in [0.1, 0.15) is 35.6 Å². The van der Waals surface area contributed by atoms with Crippen LogP contribution in [0.5, 0.6) is 11.5 Å². The maximum atomic E-state index is 13.3. The summed E-state index contributed by atoms with van der Waals surface area (Å²) in [7, 11) is 0. The van der Waals surface area contributed by atoms with E-state index >= 15 is 0 Å². The average Bonchev–Trinajstić information content (AvgIpc) is 2.84. The standard InChI is InChI=1S/C26H26N4O4/c1-16(19-9-12-21-22(15-19)34-14-13-33-21)29-25(31)23(17-5-3-2-4-6-17)26(32)30-20-10-7-18(8-11-20)24(27)28/h2-12,15-16,23H,13-14H2,1H3,(H3,27,28)(H,29,31)(H,30,32). The Kier molecular flexibility index (Phi) is 6.77. The van der Waals surface area contributed by atoms with Crippen LogP contribution in [0.25, 0.3) is 0 Å². The monoisotopic (exact) mass is 458 g/mol. The van der Waals surface area contributed by atoms with E-state index < -0.39 is 17.7 Å².